The first-order valence-electron chi connectivity index (χ1n) is 9.52. The lowest BCUT2D eigenvalue weighted by atomic mass is 10.2. The highest BCUT2D eigenvalue weighted by Gasteiger charge is 2.23. The number of carbonyl (C=O) groups excluding carboxylic acids is 2. The first-order valence-corrected chi connectivity index (χ1v) is 9.52. The number of rotatable bonds is 4. The second kappa shape index (κ2) is 7.95. The number of para-hydroxylation sites is 1. The van der Waals surface area contributed by atoms with Gasteiger partial charge in [0.2, 0.25) is 0 Å². The van der Waals surface area contributed by atoms with Crippen molar-refractivity contribution in [3.8, 4) is 0 Å². The molecule has 3 aromatic rings. The summed E-state index contributed by atoms with van der Waals surface area (Å²) in [4.78, 5) is 28.7. The molecule has 1 saturated heterocycles. The second-order valence-electron chi connectivity index (χ2n) is 7.09. The normalized spacial score (nSPS) is 14.3. The molecule has 0 radical (unpaired) electrons. The van der Waals surface area contributed by atoms with Gasteiger partial charge in [-0.1, -0.05) is 18.2 Å². The SMILES string of the molecule is Cn1cc(C(=O)OCC(=O)N2CCN(c3ccc(F)cc3)CC2)c2ccccc21. The molecule has 1 aliphatic rings. The maximum atomic E-state index is 13.1. The predicted molar refractivity (Wildman–Crippen MR) is 108 cm³/mol. The highest BCUT2D eigenvalue weighted by atomic mass is 19.1. The number of halogens is 1. The van der Waals surface area contributed by atoms with Crippen LogP contribution in [0.2, 0.25) is 0 Å². The number of aryl methyl sites for hydroxylation is 1. The molecule has 0 aliphatic carbocycles. The van der Waals surface area contributed by atoms with E-state index in [9.17, 15) is 14.0 Å². The fraction of sp³-hybridized carbons (Fsp3) is 0.273. The third kappa shape index (κ3) is 3.94. The highest BCUT2D eigenvalue weighted by molar-refractivity contribution is 6.04. The van der Waals surface area contributed by atoms with Crippen LogP contribution in [0.5, 0.6) is 0 Å². The third-order valence-electron chi connectivity index (χ3n) is 5.27. The summed E-state index contributed by atoms with van der Waals surface area (Å²) in [6.45, 7) is 2.08. The van der Waals surface area contributed by atoms with Crippen LogP contribution in [0.15, 0.2) is 54.7 Å². The van der Waals surface area contributed by atoms with Crippen LogP contribution in [0.4, 0.5) is 10.1 Å². The van der Waals surface area contributed by atoms with Crippen LogP contribution in [-0.2, 0) is 16.6 Å². The molecule has 1 aromatic heterocycles. The van der Waals surface area contributed by atoms with E-state index in [0.29, 0.717) is 31.7 Å². The number of hydrogen-bond acceptors (Lipinski definition) is 4. The summed E-state index contributed by atoms with van der Waals surface area (Å²) in [7, 11) is 1.87. The van der Waals surface area contributed by atoms with Crippen LogP contribution < -0.4 is 4.90 Å². The zero-order valence-electron chi connectivity index (χ0n) is 16.2. The van der Waals surface area contributed by atoms with E-state index in [0.717, 1.165) is 16.6 Å². The van der Waals surface area contributed by atoms with Crippen LogP contribution in [0, 0.1) is 5.82 Å². The van der Waals surface area contributed by atoms with Gasteiger partial charge in [0.15, 0.2) is 6.61 Å². The molecular weight excluding hydrogens is 373 g/mol. The summed E-state index contributed by atoms with van der Waals surface area (Å²) >= 11 is 0. The van der Waals surface area contributed by atoms with Crippen LogP contribution in [0.1, 0.15) is 10.4 Å². The fourth-order valence-electron chi connectivity index (χ4n) is 3.67. The first kappa shape index (κ1) is 19.0. The van der Waals surface area contributed by atoms with Gasteiger partial charge in [-0.15, -0.1) is 0 Å². The fourth-order valence-corrected chi connectivity index (χ4v) is 3.67. The van der Waals surface area contributed by atoms with Crippen molar-refractivity contribution in [2.75, 3.05) is 37.7 Å². The molecule has 2 aromatic carbocycles. The standard InChI is InChI=1S/C22H22FN3O3/c1-24-14-19(18-4-2-3-5-20(18)24)22(28)29-15-21(27)26-12-10-25(11-13-26)17-8-6-16(23)7-9-17/h2-9,14H,10-13,15H2,1H3. The smallest absolute Gasteiger partial charge is 0.340 e. The Kier molecular flexibility index (Phi) is 5.20. The summed E-state index contributed by atoms with van der Waals surface area (Å²) in [6, 6.07) is 13.9. The second-order valence-corrected chi connectivity index (χ2v) is 7.09. The van der Waals surface area contributed by atoms with E-state index >= 15 is 0 Å². The van der Waals surface area contributed by atoms with Crippen molar-refractivity contribution < 1.29 is 18.7 Å². The van der Waals surface area contributed by atoms with Gasteiger partial charge in [0.25, 0.3) is 5.91 Å². The topological polar surface area (TPSA) is 54.8 Å². The molecule has 0 spiro atoms. The first-order chi connectivity index (χ1) is 14.0. The Morgan fingerprint density at radius 1 is 1.00 bits per heavy atom. The average molecular weight is 395 g/mol. The van der Waals surface area contributed by atoms with E-state index in [1.54, 1.807) is 23.2 Å². The summed E-state index contributed by atoms with van der Waals surface area (Å²) in [5.41, 5.74) is 2.32. The molecule has 0 bridgehead atoms. The van der Waals surface area contributed by atoms with Crippen molar-refractivity contribution in [3.63, 3.8) is 0 Å². The zero-order chi connectivity index (χ0) is 20.4. The average Bonchev–Trinajstić information content (AvgIpc) is 3.09. The molecule has 6 nitrogen and oxygen atoms in total. The van der Waals surface area contributed by atoms with E-state index in [2.05, 4.69) is 4.90 Å². The van der Waals surface area contributed by atoms with E-state index < -0.39 is 5.97 Å². The van der Waals surface area contributed by atoms with Gasteiger partial charge in [0.05, 0.1) is 5.56 Å². The summed E-state index contributed by atoms with van der Waals surface area (Å²) < 4.78 is 20.2. The Morgan fingerprint density at radius 2 is 1.69 bits per heavy atom. The molecule has 1 fully saturated rings. The molecule has 7 heteroatoms. The lowest BCUT2D eigenvalue weighted by Gasteiger charge is -2.36. The molecule has 4 rings (SSSR count). The number of amides is 1. The minimum absolute atomic E-state index is 0.211. The summed E-state index contributed by atoms with van der Waals surface area (Å²) in [5, 5.41) is 0.806. The number of benzene rings is 2. The van der Waals surface area contributed by atoms with Gasteiger partial charge in [-0.3, -0.25) is 4.79 Å². The van der Waals surface area contributed by atoms with Crippen LogP contribution in [0.3, 0.4) is 0 Å². The largest absolute Gasteiger partial charge is 0.452 e. The Hall–Kier alpha value is -3.35. The number of aromatic nitrogens is 1. The molecule has 29 heavy (non-hydrogen) atoms. The highest BCUT2D eigenvalue weighted by Crippen LogP contribution is 2.21. The predicted octanol–water partition coefficient (Wildman–Crippen LogP) is 2.82. The minimum atomic E-state index is -0.500. The monoisotopic (exact) mass is 395 g/mol. The van der Waals surface area contributed by atoms with Crippen molar-refractivity contribution >= 4 is 28.5 Å². The number of anilines is 1. The van der Waals surface area contributed by atoms with Gasteiger partial charge in [0.1, 0.15) is 5.82 Å². The van der Waals surface area contributed by atoms with Gasteiger partial charge in [-0.25, -0.2) is 9.18 Å². The van der Waals surface area contributed by atoms with Gasteiger partial charge in [-0.05, 0) is 30.3 Å². The Balaban J connectivity index is 1.32. The molecule has 150 valence electrons. The molecule has 0 N–H and O–H groups in total. The van der Waals surface area contributed by atoms with Crippen molar-refractivity contribution in [1.29, 1.82) is 0 Å². The van der Waals surface area contributed by atoms with E-state index in [-0.39, 0.29) is 18.3 Å². The lowest BCUT2D eigenvalue weighted by Crippen LogP contribution is -2.49. The van der Waals surface area contributed by atoms with Crippen LogP contribution in [0.25, 0.3) is 10.9 Å². The maximum absolute atomic E-state index is 13.1. The number of esters is 1. The molecule has 0 unspecified atom stereocenters. The Labute approximate surface area is 168 Å². The quantitative estimate of drug-likeness (QED) is 0.638. The lowest BCUT2D eigenvalue weighted by molar-refractivity contribution is -0.134. The number of fused-ring (bicyclic) bond motifs is 1. The summed E-state index contributed by atoms with van der Waals surface area (Å²) in [6.07, 6.45) is 1.72. The number of hydrogen-bond donors (Lipinski definition) is 0. The van der Waals surface area contributed by atoms with Crippen molar-refractivity contribution in [2.45, 2.75) is 0 Å². The molecule has 0 atom stereocenters. The Bertz CT molecular complexity index is 1040. The maximum Gasteiger partial charge on any atom is 0.340 e. The van der Waals surface area contributed by atoms with E-state index in [4.69, 9.17) is 4.74 Å². The number of carbonyl (C=O) groups is 2. The van der Waals surface area contributed by atoms with Crippen molar-refractivity contribution in [3.05, 3.63) is 66.1 Å². The van der Waals surface area contributed by atoms with Crippen LogP contribution in [-0.4, -0.2) is 54.1 Å². The van der Waals surface area contributed by atoms with Gasteiger partial charge < -0.3 is 19.1 Å². The molecule has 0 saturated carbocycles. The van der Waals surface area contributed by atoms with Crippen LogP contribution >= 0.6 is 0 Å². The zero-order valence-corrected chi connectivity index (χ0v) is 16.2. The van der Waals surface area contributed by atoms with Gasteiger partial charge in [0, 0.05) is 56.0 Å². The molecule has 2 heterocycles. The van der Waals surface area contributed by atoms with Gasteiger partial charge >= 0.3 is 5.97 Å². The number of ether oxygens (including phenoxy) is 1. The summed E-state index contributed by atoms with van der Waals surface area (Å²) in [5.74, 6) is -0.979. The minimum Gasteiger partial charge on any atom is -0.452 e. The molecule has 1 aliphatic heterocycles. The molecule has 1 amide bonds. The van der Waals surface area contributed by atoms with Crippen molar-refractivity contribution in [2.24, 2.45) is 7.05 Å². The van der Waals surface area contributed by atoms with E-state index in [1.807, 2.05) is 35.9 Å². The number of piperazine rings is 1. The van der Waals surface area contributed by atoms with Gasteiger partial charge in [-0.2, -0.15) is 0 Å². The third-order valence-corrected chi connectivity index (χ3v) is 5.27. The number of nitrogens with zero attached hydrogens (tertiary/aromatic N) is 3. The van der Waals surface area contributed by atoms with E-state index in [1.165, 1.54) is 12.1 Å². The van der Waals surface area contributed by atoms with Crippen molar-refractivity contribution in [1.82, 2.24) is 9.47 Å². The molecular formula is C22H22FN3O3. The Morgan fingerprint density at radius 3 is 2.41 bits per heavy atom.